The number of methoxy groups -OCH3 is 1. The Balaban J connectivity index is 2.20. The summed E-state index contributed by atoms with van der Waals surface area (Å²) in [4.78, 5) is 14.6. The fraction of sp³-hybridized carbons (Fsp3) is 0.333. The van der Waals surface area contributed by atoms with Crippen molar-refractivity contribution >= 4 is 21.7 Å². The highest BCUT2D eigenvalue weighted by Crippen LogP contribution is 2.47. The number of hydrogen-bond acceptors (Lipinski definition) is 6. The van der Waals surface area contributed by atoms with E-state index >= 15 is 0 Å². The topological polar surface area (TPSA) is 88.6 Å². The van der Waals surface area contributed by atoms with Crippen molar-refractivity contribution in [2.75, 3.05) is 20.8 Å². The number of carbonyl (C=O) groups excluding carboxylic acids is 1. The lowest BCUT2D eigenvalue weighted by molar-refractivity contribution is -0.116. The zero-order chi connectivity index (χ0) is 20.4. The summed E-state index contributed by atoms with van der Waals surface area (Å²) in [6, 6.07) is 5.88. The van der Waals surface area contributed by atoms with Crippen molar-refractivity contribution in [3.05, 3.63) is 57.5 Å². The molecule has 0 saturated heterocycles. The van der Waals surface area contributed by atoms with E-state index in [2.05, 4.69) is 28.6 Å². The van der Waals surface area contributed by atoms with Crippen LogP contribution in [0.3, 0.4) is 0 Å². The minimum Gasteiger partial charge on any atom is -0.493 e. The summed E-state index contributed by atoms with van der Waals surface area (Å²) in [5.74, 6) is 0.955. The van der Waals surface area contributed by atoms with Crippen molar-refractivity contribution in [2.24, 2.45) is 5.73 Å². The minimum absolute atomic E-state index is 0.0559. The maximum Gasteiger partial charge on any atom is 0.175 e. The quantitative estimate of drug-likeness (QED) is 0.696. The Bertz CT molecular complexity index is 943. The standard InChI is InChI=1S/C21H22BrN3O3/c1-4-8-28-20-14(22)9-12(10-17(20)27-3)18-13(11-23)21(24)25(2)15-6-5-7-16(26)19(15)18/h4,9-10,18H,1,5-8,24H2,2-3H3/t18-/m0/s1. The predicted octanol–water partition coefficient (Wildman–Crippen LogP) is 3.75. The summed E-state index contributed by atoms with van der Waals surface area (Å²) in [6.07, 6.45) is 3.66. The van der Waals surface area contributed by atoms with Gasteiger partial charge >= 0.3 is 0 Å². The molecule has 1 aromatic rings. The van der Waals surface area contributed by atoms with Crippen LogP contribution in [0, 0.1) is 11.3 Å². The molecule has 1 aliphatic heterocycles. The maximum absolute atomic E-state index is 12.8. The highest BCUT2D eigenvalue weighted by molar-refractivity contribution is 9.10. The molecule has 2 N–H and O–H groups in total. The average molecular weight is 444 g/mol. The van der Waals surface area contributed by atoms with Crippen molar-refractivity contribution < 1.29 is 14.3 Å². The zero-order valence-electron chi connectivity index (χ0n) is 15.9. The van der Waals surface area contributed by atoms with Crippen LogP contribution >= 0.6 is 15.9 Å². The molecule has 0 amide bonds. The van der Waals surface area contributed by atoms with Gasteiger partial charge in [0.25, 0.3) is 0 Å². The third-order valence-electron chi connectivity index (χ3n) is 5.10. The van der Waals surface area contributed by atoms with Crippen molar-refractivity contribution in [1.29, 1.82) is 5.26 Å². The molecule has 0 unspecified atom stereocenters. The number of nitrogens with zero attached hydrogens (tertiary/aromatic N) is 2. The van der Waals surface area contributed by atoms with Crippen LogP contribution in [0.5, 0.6) is 11.5 Å². The Labute approximate surface area is 173 Å². The van der Waals surface area contributed by atoms with Gasteiger partial charge < -0.3 is 20.1 Å². The first-order valence-corrected chi connectivity index (χ1v) is 9.74. The molecule has 1 atom stereocenters. The zero-order valence-corrected chi connectivity index (χ0v) is 17.5. The Morgan fingerprint density at radius 1 is 1.46 bits per heavy atom. The lowest BCUT2D eigenvalue weighted by atomic mass is 9.76. The normalized spacial score (nSPS) is 19.3. The maximum atomic E-state index is 12.8. The Kier molecular flexibility index (Phi) is 5.80. The molecule has 7 heteroatoms. The molecular formula is C21H22BrN3O3. The minimum atomic E-state index is -0.525. The van der Waals surface area contributed by atoms with Gasteiger partial charge in [0.15, 0.2) is 17.3 Å². The van der Waals surface area contributed by atoms with Gasteiger partial charge in [-0.15, -0.1) is 0 Å². The molecule has 2 aliphatic rings. The summed E-state index contributed by atoms with van der Waals surface area (Å²) >= 11 is 3.53. The largest absolute Gasteiger partial charge is 0.493 e. The highest BCUT2D eigenvalue weighted by Gasteiger charge is 2.39. The summed E-state index contributed by atoms with van der Waals surface area (Å²) in [5.41, 5.74) is 8.93. The summed E-state index contributed by atoms with van der Waals surface area (Å²) in [7, 11) is 3.35. The van der Waals surface area contributed by atoms with Crippen LogP contribution in [0.4, 0.5) is 0 Å². The molecule has 1 aromatic carbocycles. The number of nitriles is 1. The van der Waals surface area contributed by atoms with Gasteiger partial charge in [-0.3, -0.25) is 4.79 Å². The molecule has 146 valence electrons. The molecule has 1 heterocycles. The van der Waals surface area contributed by atoms with Gasteiger partial charge in [-0.05, 0) is 46.5 Å². The third kappa shape index (κ3) is 3.29. The SMILES string of the molecule is C=CCOc1c(Br)cc([C@H]2C(C#N)=C(N)N(C)C3=C2C(=O)CCC3)cc1OC. The second-order valence-corrected chi connectivity index (χ2v) is 7.53. The van der Waals surface area contributed by atoms with Crippen LogP contribution in [0.2, 0.25) is 0 Å². The number of carbonyl (C=O) groups is 1. The van der Waals surface area contributed by atoms with Gasteiger partial charge in [0.1, 0.15) is 12.4 Å². The average Bonchev–Trinajstić information content (AvgIpc) is 2.69. The first-order chi connectivity index (χ1) is 13.4. The molecule has 3 rings (SSSR count). The number of Topliss-reactive ketones (excluding diaryl/α,β-unsaturated/α-hetero) is 1. The van der Waals surface area contributed by atoms with Gasteiger partial charge in [-0.2, -0.15) is 5.26 Å². The van der Waals surface area contributed by atoms with Crippen molar-refractivity contribution in [3.63, 3.8) is 0 Å². The number of allylic oxidation sites excluding steroid dienone is 3. The number of hydrogen-bond donors (Lipinski definition) is 1. The van der Waals surface area contributed by atoms with Crippen LogP contribution in [0.15, 0.2) is 51.9 Å². The van der Waals surface area contributed by atoms with E-state index in [1.165, 1.54) is 0 Å². The van der Waals surface area contributed by atoms with Crippen molar-refractivity contribution in [1.82, 2.24) is 4.90 Å². The molecular weight excluding hydrogens is 422 g/mol. The van der Waals surface area contributed by atoms with E-state index in [1.807, 2.05) is 6.07 Å². The number of ether oxygens (including phenoxy) is 2. The molecule has 0 bridgehead atoms. The number of rotatable bonds is 5. The van der Waals surface area contributed by atoms with E-state index in [4.69, 9.17) is 15.2 Å². The summed E-state index contributed by atoms with van der Waals surface area (Å²) in [6.45, 7) is 3.98. The number of nitrogens with two attached hydrogens (primary N) is 1. The smallest absolute Gasteiger partial charge is 0.175 e. The first-order valence-electron chi connectivity index (χ1n) is 8.95. The number of ketones is 1. The first kappa shape index (κ1) is 20.0. The molecule has 0 spiro atoms. The van der Waals surface area contributed by atoms with Crippen molar-refractivity contribution in [2.45, 2.75) is 25.2 Å². The Morgan fingerprint density at radius 2 is 2.21 bits per heavy atom. The molecule has 0 aromatic heterocycles. The second kappa shape index (κ2) is 8.11. The van der Waals surface area contributed by atoms with Gasteiger partial charge in [0, 0.05) is 24.7 Å². The van der Waals surface area contributed by atoms with E-state index in [0.717, 1.165) is 24.1 Å². The van der Waals surface area contributed by atoms with E-state index in [9.17, 15) is 10.1 Å². The Hall–Kier alpha value is -2.72. The van der Waals surface area contributed by atoms with Crippen LogP contribution < -0.4 is 15.2 Å². The van der Waals surface area contributed by atoms with Gasteiger partial charge in [-0.1, -0.05) is 12.7 Å². The van der Waals surface area contributed by atoms with Crippen LogP contribution in [0.1, 0.15) is 30.7 Å². The molecule has 0 saturated carbocycles. The molecule has 0 radical (unpaired) electrons. The number of halogens is 1. The van der Waals surface area contributed by atoms with Gasteiger partial charge in [0.2, 0.25) is 0 Å². The fourth-order valence-electron chi connectivity index (χ4n) is 3.78. The monoisotopic (exact) mass is 443 g/mol. The number of benzene rings is 1. The lowest BCUT2D eigenvalue weighted by Crippen LogP contribution is -2.36. The fourth-order valence-corrected chi connectivity index (χ4v) is 4.36. The highest BCUT2D eigenvalue weighted by atomic mass is 79.9. The van der Waals surface area contributed by atoms with Gasteiger partial charge in [0.05, 0.1) is 29.1 Å². The summed E-state index contributed by atoms with van der Waals surface area (Å²) < 4.78 is 11.9. The summed E-state index contributed by atoms with van der Waals surface area (Å²) in [5, 5.41) is 9.83. The molecule has 0 fully saturated rings. The molecule has 28 heavy (non-hydrogen) atoms. The van der Waals surface area contributed by atoms with Crippen LogP contribution in [-0.2, 0) is 4.79 Å². The van der Waals surface area contributed by atoms with E-state index < -0.39 is 5.92 Å². The molecule has 1 aliphatic carbocycles. The molecule has 6 nitrogen and oxygen atoms in total. The second-order valence-electron chi connectivity index (χ2n) is 6.67. The van der Waals surface area contributed by atoms with Crippen LogP contribution in [-0.4, -0.2) is 31.4 Å². The van der Waals surface area contributed by atoms with Crippen LogP contribution in [0.25, 0.3) is 0 Å². The predicted molar refractivity (Wildman–Crippen MR) is 110 cm³/mol. The van der Waals surface area contributed by atoms with Gasteiger partial charge in [-0.25, -0.2) is 0 Å². The van der Waals surface area contributed by atoms with Crippen molar-refractivity contribution in [3.8, 4) is 17.6 Å². The lowest BCUT2D eigenvalue weighted by Gasteiger charge is -2.37. The van der Waals surface area contributed by atoms with E-state index in [0.29, 0.717) is 46.0 Å². The van der Waals surface area contributed by atoms with E-state index in [-0.39, 0.29) is 5.78 Å². The Morgan fingerprint density at radius 3 is 2.86 bits per heavy atom. The van der Waals surface area contributed by atoms with E-state index in [1.54, 1.807) is 31.2 Å². The third-order valence-corrected chi connectivity index (χ3v) is 5.69.